The first-order valence-corrected chi connectivity index (χ1v) is 11.4. The Kier molecular flexibility index (Phi) is 5.30. The van der Waals surface area contributed by atoms with Crippen LogP contribution >= 0.6 is 0 Å². The van der Waals surface area contributed by atoms with Crippen LogP contribution in [0.3, 0.4) is 0 Å². The summed E-state index contributed by atoms with van der Waals surface area (Å²) in [7, 11) is 0. The van der Waals surface area contributed by atoms with E-state index in [-0.39, 0.29) is 0 Å². The Bertz CT molecular complexity index is 1680. The van der Waals surface area contributed by atoms with Crippen molar-refractivity contribution in [3.63, 3.8) is 0 Å². The minimum absolute atomic E-state index is 0.318. The van der Waals surface area contributed by atoms with Crippen molar-refractivity contribution < 1.29 is 26.3 Å². The second-order valence-corrected chi connectivity index (χ2v) is 8.79. The van der Waals surface area contributed by atoms with Crippen molar-refractivity contribution in [2.75, 3.05) is 0 Å². The van der Waals surface area contributed by atoms with Crippen LogP contribution < -0.4 is 0 Å². The van der Waals surface area contributed by atoms with Gasteiger partial charge in [0.05, 0.1) is 33.2 Å². The van der Waals surface area contributed by atoms with Crippen LogP contribution in [0.25, 0.3) is 56.0 Å². The summed E-state index contributed by atoms with van der Waals surface area (Å²) in [5.74, 6) is 0.635. The van der Waals surface area contributed by atoms with E-state index in [1.54, 1.807) is 24.3 Å². The SMILES string of the molecule is FC(F)(F)c1cccc(-c2nc3ccc(-c4ccc5nc(-c6cccc(C(F)(F)F)c6)[nH]c5c4)cc3[nH]2)c1. The molecule has 6 aromatic rings. The van der Waals surface area contributed by atoms with Gasteiger partial charge in [-0.25, -0.2) is 9.97 Å². The van der Waals surface area contributed by atoms with E-state index in [1.165, 1.54) is 12.1 Å². The van der Waals surface area contributed by atoms with Gasteiger partial charge in [0, 0.05) is 11.1 Å². The van der Waals surface area contributed by atoms with Crippen LogP contribution in [0.4, 0.5) is 26.3 Å². The molecule has 0 atom stereocenters. The third-order valence-corrected chi connectivity index (χ3v) is 6.22. The number of nitrogens with zero attached hydrogens (tertiary/aromatic N) is 2. The molecule has 0 amide bonds. The molecule has 0 aliphatic rings. The predicted octanol–water partition coefficient (Wildman–Crippen LogP) is 8.48. The number of aromatic amines is 2. The fourth-order valence-electron chi connectivity index (χ4n) is 4.34. The number of imidazole rings is 2. The van der Waals surface area contributed by atoms with Crippen molar-refractivity contribution in [2.24, 2.45) is 0 Å². The third kappa shape index (κ3) is 4.38. The fraction of sp³-hybridized carbons (Fsp3) is 0.0714. The first-order valence-electron chi connectivity index (χ1n) is 11.4. The summed E-state index contributed by atoms with van der Waals surface area (Å²) in [6.07, 6.45) is -8.91. The number of nitrogens with one attached hydrogen (secondary N) is 2. The Labute approximate surface area is 211 Å². The molecule has 0 aliphatic carbocycles. The van der Waals surface area contributed by atoms with Crippen LogP contribution in [0.5, 0.6) is 0 Å². The summed E-state index contributed by atoms with van der Waals surface area (Å²) < 4.78 is 78.7. The van der Waals surface area contributed by atoms with E-state index >= 15 is 0 Å². The molecule has 0 radical (unpaired) electrons. The molecule has 0 bridgehead atoms. The van der Waals surface area contributed by atoms with E-state index in [1.807, 2.05) is 24.3 Å². The van der Waals surface area contributed by atoms with E-state index < -0.39 is 23.5 Å². The maximum absolute atomic E-state index is 13.1. The smallest absolute Gasteiger partial charge is 0.338 e. The summed E-state index contributed by atoms with van der Waals surface area (Å²) in [5, 5.41) is 0. The number of fused-ring (bicyclic) bond motifs is 2. The number of hydrogen-bond donors (Lipinski definition) is 2. The van der Waals surface area contributed by atoms with Gasteiger partial charge in [-0.2, -0.15) is 26.3 Å². The monoisotopic (exact) mass is 522 g/mol. The summed E-state index contributed by atoms with van der Waals surface area (Å²) in [4.78, 5) is 15.0. The molecule has 0 saturated heterocycles. The molecule has 0 spiro atoms. The van der Waals surface area contributed by atoms with E-state index in [0.717, 1.165) is 35.4 Å². The Morgan fingerprint density at radius 2 is 0.895 bits per heavy atom. The van der Waals surface area contributed by atoms with Gasteiger partial charge < -0.3 is 9.97 Å². The van der Waals surface area contributed by atoms with Crippen LogP contribution in [0.2, 0.25) is 0 Å². The highest BCUT2D eigenvalue weighted by Gasteiger charge is 2.31. The number of hydrogen-bond acceptors (Lipinski definition) is 2. The molecule has 190 valence electrons. The average molecular weight is 522 g/mol. The van der Waals surface area contributed by atoms with Crippen LogP contribution in [0.15, 0.2) is 84.9 Å². The minimum Gasteiger partial charge on any atom is -0.338 e. The second-order valence-electron chi connectivity index (χ2n) is 8.79. The van der Waals surface area contributed by atoms with Gasteiger partial charge in [0.1, 0.15) is 11.6 Å². The van der Waals surface area contributed by atoms with Crippen molar-refractivity contribution in [1.29, 1.82) is 0 Å². The van der Waals surface area contributed by atoms with Crippen molar-refractivity contribution in [1.82, 2.24) is 19.9 Å². The van der Waals surface area contributed by atoms with Gasteiger partial charge in [0.2, 0.25) is 0 Å². The summed E-state index contributed by atoms with van der Waals surface area (Å²) >= 11 is 0. The second kappa shape index (κ2) is 8.47. The molecular weight excluding hydrogens is 506 g/mol. The van der Waals surface area contributed by atoms with Crippen molar-refractivity contribution in [3.05, 3.63) is 96.1 Å². The molecule has 4 nitrogen and oxygen atoms in total. The van der Waals surface area contributed by atoms with Crippen molar-refractivity contribution in [3.8, 4) is 33.9 Å². The van der Waals surface area contributed by atoms with Gasteiger partial charge in [-0.1, -0.05) is 36.4 Å². The zero-order valence-corrected chi connectivity index (χ0v) is 19.2. The number of benzene rings is 4. The number of aromatic nitrogens is 4. The quantitative estimate of drug-likeness (QED) is 0.229. The van der Waals surface area contributed by atoms with E-state index in [2.05, 4.69) is 19.9 Å². The molecule has 0 aliphatic heterocycles. The molecule has 0 unspecified atom stereocenters. The van der Waals surface area contributed by atoms with Gasteiger partial charge in [-0.3, -0.25) is 0 Å². The summed E-state index contributed by atoms with van der Waals surface area (Å²) in [6, 6.07) is 20.8. The van der Waals surface area contributed by atoms with E-state index in [4.69, 9.17) is 0 Å². The standard InChI is InChI=1S/C28H16F6N4/c29-27(30,31)19-5-1-3-17(11-19)25-35-21-9-7-15(13-23(21)37-25)16-8-10-22-24(14-16)38-26(36-22)18-4-2-6-20(12-18)28(32,33)34/h1-14H,(H,35,37)(H,36,38). The molecule has 10 heteroatoms. The Morgan fingerprint density at radius 1 is 0.474 bits per heavy atom. The Balaban J connectivity index is 1.34. The average Bonchev–Trinajstić information content (AvgIpc) is 3.51. The first-order chi connectivity index (χ1) is 18.0. The molecule has 2 N–H and O–H groups in total. The zero-order valence-electron chi connectivity index (χ0n) is 19.2. The molecule has 2 aromatic heterocycles. The number of rotatable bonds is 3. The lowest BCUT2D eigenvalue weighted by Crippen LogP contribution is -2.04. The van der Waals surface area contributed by atoms with Gasteiger partial charge in [-0.05, 0) is 59.7 Å². The van der Waals surface area contributed by atoms with E-state index in [0.29, 0.717) is 44.8 Å². The molecule has 38 heavy (non-hydrogen) atoms. The summed E-state index contributed by atoms with van der Waals surface area (Å²) in [5.41, 5.74) is 3.22. The molecule has 0 fully saturated rings. The highest BCUT2D eigenvalue weighted by molar-refractivity contribution is 5.88. The molecule has 2 heterocycles. The highest BCUT2D eigenvalue weighted by atomic mass is 19.4. The van der Waals surface area contributed by atoms with Crippen molar-refractivity contribution >= 4 is 22.1 Å². The van der Waals surface area contributed by atoms with Gasteiger partial charge in [-0.15, -0.1) is 0 Å². The minimum atomic E-state index is -4.46. The molecule has 4 aromatic carbocycles. The normalized spacial score (nSPS) is 12.5. The largest absolute Gasteiger partial charge is 0.416 e. The lowest BCUT2D eigenvalue weighted by Gasteiger charge is -2.07. The Hall–Kier alpha value is -4.60. The number of H-pyrrole nitrogens is 2. The molecule has 6 rings (SSSR count). The predicted molar refractivity (Wildman–Crippen MR) is 132 cm³/mol. The van der Waals surface area contributed by atoms with Gasteiger partial charge in [0.25, 0.3) is 0 Å². The van der Waals surface area contributed by atoms with E-state index in [9.17, 15) is 26.3 Å². The topological polar surface area (TPSA) is 57.4 Å². The Morgan fingerprint density at radius 3 is 1.29 bits per heavy atom. The molecular formula is C28H16F6N4. The lowest BCUT2D eigenvalue weighted by molar-refractivity contribution is -0.138. The lowest BCUT2D eigenvalue weighted by atomic mass is 10.0. The van der Waals surface area contributed by atoms with Gasteiger partial charge >= 0.3 is 12.4 Å². The van der Waals surface area contributed by atoms with Crippen LogP contribution in [-0.2, 0) is 12.4 Å². The molecule has 0 saturated carbocycles. The maximum Gasteiger partial charge on any atom is 0.416 e. The number of halogens is 6. The summed E-state index contributed by atoms with van der Waals surface area (Å²) in [6.45, 7) is 0. The van der Waals surface area contributed by atoms with Crippen molar-refractivity contribution in [2.45, 2.75) is 12.4 Å². The number of alkyl halides is 6. The zero-order chi connectivity index (χ0) is 26.7. The maximum atomic E-state index is 13.1. The van der Waals surface area contributed by atoms with Crippen LogP contribution in [0, 0.1) is 0 Å². The van der Waals surface area contributed by atoms with Crippen LogP contribution in [0.1, 0.15) is 11.1 Å². The van der Waals surface area contributed by atoms with Crippen LogP contribution in [-0.4, -0.2) is 19.9 Å². The highest BCUT2D eigenvalue weighted by Crippen LogP contribution is 2.34. The first kappa shape index (κ1) is 23.8. The van der Waals surface area contributed by atoms with Gasteiger partial charge in [0.15, 0.2) is 0 Å². The fourth-order valence-corrected chi connectivity index (χ4v) is 4.34. The third-order valence-electron chi connectivity index (χ3n) is 6.22.